The number of aryl methyl sites for hydroxylation is 1. The van der Waals surface area contributed by atoms with Crippen molar-refractivity contribution in [3.05, 3.63) is 17.5 Å². The molecule has 138 valence electrons. The molecule has 0 saturated carbocycles. The number of aromatic nitrogens is 6. The van der Waals surface area contributed by atoms with Gasteiger partial charge in [-0.25, -0.2) is 4.98 Å². The van der Waals surface area contributed by atoms with Gasteiger partial charge in [0.25, 0.3) is 11.9 Å². The lowest BCUT2D eigenvalue weighted by atomic mass is 9.93. The van der Waals surface area contributed by atoms with Crippen molar-refractivity contribution in [1.82, 2.24) is 35.3 Å². The van der Waals surface area contributed by atoms with Crippen LogP contribution in [0.15, 0.2) is 0 Å². The Kier molecular flexibility index (Phi) is 5.11. The highest BCUT2D eigenvalue weighted by Gasteiger charge is 2.36. The van der Waals surface area contributed by atoms with Crippen molar-refractivity contribution in [2.45, 2.75) is 45.3 Å². The number of alkyl halides is 3. The first kappa shape index (κ1) is 18.8. The molecule has 0 aliphatic heterocycles. The Morgan fingerprint density at radius 1 is 1.28 bits per heavy atom. The second-order valence-electron chi connectivity index (χ2n) is 5.52. The molecule has 0 atom stereocenters. The summed E-state index contributed by atoms with van der Waals surface area (Å²) in [5.74, 6) is -2.21. The van der Waals surface area contributed by atoms with E-state index >= 15 is 0 Å². The van der Waals surface area contributed by atoms with Gasteiger partial charge in [-0.1, -0.05) is 13.8 Å². The van der Waals surface area contributed by atoms with Crippen LogP contribution in [0, 0.1) is 6.92 Å². The van der Waals surface area contributed by atoms with E-state index in [0.29, 0.717) is 12.8 Å². The zero-order valence-electron chi connectivity index (χ0n) is 14.0. The monoisotopic (exact) mass is 360 g/mol. The number of aromatic amines is 1. The summed E-state index contributed by atoms with van der Waals surface area (Å²) >= 11 is 0. The van der Waals surface area contributed by atoms with Gasteiger partial charge in [-0.15, -0.1) is 10.2 Å². The summed E-state index contributed by atoms with van der Waals surface area (Å²) in [5.41, 5.74) is 5.14. The summed E-state index contributed by atoms with van der Waals surface area (Å²) in [6, 6.07) is 0. The van der Waals surface area contributed by atoms with Gasteiger partial charge >= 0.3 is 6.18 Å². The molecule has 2 aromatic heterocycles. The Hall–Kier alpha value is -2.50. The maximum atomic E-state index is 12.6. The van der Waals surface area contributed by atoms with E-state index in [4.69, 9.17) is 5.73 Å². The molecule has 12 heteroatoms. The molecule has 0 spiro atoms. The third-order valence-electron chi connectivity index (χ3n) is 4.03. The Balaban J connectivity index is 2.28. The number of rotatable bonds is 6. The summed E-state index contributed by atoms with van der Waals surface area (Å²) in [6.07, 6.45) is -3.44. The highest BCUT2D eigenvalue weighted by atomic mass is 19.4. The van der Waals surface area contributed by atoms with E-state index in [2.05, 4.69) is 25.5 Å². The van der Waals surface area contributed by atoms with Crippen LogP contribution in [-0.2, 0) is 6.18 Å². The van der Waals surface area contributed by atoms with Gasteiger partial charge in [0.1, 0.15) is 5.82 Å². The average molecular weight is 360 g/mol. The minimum atomic E-state index is -4.66. The Bertz CT molecular complexity index is 739. The summed E-state index contributed by atoms with van der Waals surface area (Å²) < 4.78 is 38.8. The molecule has 0 radical (unpaired) electrons. The molecule has 1 amide bonds. The first-order valence-corrected chi connectivity index (χ1v) is 7.62. The van der Waals surface area contributed by atoms with E-state index in [1.807, 2.05) is 13.8 Å². The van der Waals surface area contributed by atoms with Gasteiger partial charge in [0.05, 0.1) is 5.54 Å². The number of nitrogens with two attached hydrogens (primary N) is 1. The standard InChI is InChI=1S/C13H19F3N8O/c1-4-12(5-2,6-17)20-9(25)8-18-7(3)24(23-8)11-19-10(21-22-11)13(14,15)16/h4-6,17H2,1-3H3,(H,20,25)(H,19,21,22). The Morgan fingerprint density at radius 3 is 2.40 bits per heavy atom. The molecule has 0 aromatic carbocycles. The van der Waals surface area contributed by atoms with Crippen LogP contribution in [0.2, 0.25) is 0 Å². The van der Waals surface area contributed by atoms with E-state index < -0.39 is 23.4 Å². The van der Waals surface area contributed by atoms with E-state index in [1.54, 1.807) is 5.10 Å². The molecule has 0 fully saturated rings. The SMILES string of the molecule is CCC(CC)(CN)NC(=O)c1nc(C)n(-c2n[nH]c(C(F)(F)F)n2)n1. The fourth-order valence-electron chi connectivity index (χ4n) is 2.21. The number of nitrogens with zero attached hydrogens (tertiary/aromatic N) is 5. The zero-order chi connectivity index (χ0) is 18.8. The lowest BCUT2D eigenvalue weighted by Crippen LogP contribution is -2.53. The first-order valence-electron chi connectivity index (χ1n) is 7.62. The molecular formula is C13H19F3N8O. The molecule has 0 unspecified atom stereocenters. The maximum Gasteiger partial charge on any atom is 0.451 e. The Labute approximate surface area is 141 Å². The van der Waals surface area contributed by atoms with Crippen molar-refractivity contribution in [2.24, 2.45) is 5.73 Å². The minimum absolute atomic E-state index is 0.171. The summed E-state index contributed by atoms with van der Waals surface area (Å²) in [6.45, 7) is 5.49. The molecular weight excluding hydrogens is 341 g/mol. The van der Waals surface area contributed by atoms with Crippen molar-refractivity contribution >= 4 is 5.91 Å². The molecule has 0 saturated heterocycles. The van der Waals surface area contributed by atoms with Crippen LogP contribution < -0.4 is 11.1 Å². The van der Waals surface area contributed by atoms with Crippen LogP contribution in [0.5, 0.6) is 0 Å². The summed E-state index contributed by atoms with van der Waals surface area (Å²) in [4.78, 5) is 19.7. The van der Waals surface area contributed by atoms with E-state index in [9.17, 15) is 18.0 Å². The highest BCUT2D eigenvalue weighted by Crippen LogP contribution is 2.26. The highest BCUT2D eigenvalue weighted by molar-refractivity contribution is 5.91. The smallest absolute Gasteiger partial charge is 0.343 e. The van der Waals surface area contributed by atoms with Crippen molar-refractivity contribution in [3.63, 3.8) is 0 Å². The van der Waals surface area contributed by atoms with Crippen LogP contribution in [0.4, 0.5) is 13.2 Å². The minimum Gasteiger partial charge on any atom is -0.343 e. The number of amides is 1. The summed E-state index contributed by atoms with van der Waals surface area (Å²) in [5, 5.41) is 11.9. The van der Waals surface area contributed by atoms with Gasteiger partial charge in [0.2, 0.25) is 11.6 Å². The number of nitrogens with one attached hydrogen (secondary N) is 2. The van der Waals surface area contributed by atoms with Crippen LogP contribution in [0.1, 0.15) is 49.0 Å². The molecule has 0 bridgehead atoms. The van der Waals surface area contributed by atoms with Crippen molar-refractivity contribution < 1.29 is 18.0 Å². The van der Waals surface area contributed by atoms with Crippen LogP contribution in [0.25, 0.3) is 5.95 Å². The largest absolute Gasteiger partial charge is 0.451 e. The predicted molar refractivity (Wildman–Crippen MR) is 80.9 cm³/mol. The topological polar surface area (TPSA) is 127 Å². The fraction of sp³-hybridized carbons (Fsp3) is 0.615. The third kappa shape index (κ3) is 3.78. The lowest BCUT2D eigenvalue weighted by molar-refractivity contribution is -0.144. The van der Waals surface area contributed by atoms with Gasteiger partial charge in [0, 0.05) is 6.54 Å². The molecule has 25 heavy (non-hydrogen) atoms. The maximum absolute atomic E-state index is 12.6. The zero-order valence-corrected chi connectivity index (χ0v) is 14.0. The molecule has 2 aromatic rings. The first-order chi connectivity index (χ1) is 11.7. The predicted octanol–water partition coefficient (Wildman–Crippen LogP) is 0.960. The lowest BCUT2D eigenvalue weighted by Gasteiger charge is -2.30. The number of carbonyl (C=O) groups excluding carboxylic acids is 1. The normalized spacial score (nSPS) is 12.4. The van der Waals surface area contributed by atoms with Gasteiger partial charge < -0.3 is 11.1 Å². The van der Waals surface area contributed by atoms with Gasteiger partial charge in [-0.05, 0) is 19.8 Å². The van der Waals surface area contributed by atoms with E-state index in [-0.39, 0.29) is 24.1 Å². The number of hydrogen-bond donors (Lipinski definition) is 3. The van der Waals surface area contributed by atoms with Crippen LogP contribution in [-0.4, -0.2) is 47.9 Å². The molecule has 2 rings (SSSR count). The van der Waals surface area contributed by atoms with E-state index in [1.165, 1.54) is 6.92 Å². The molecule has 9 nitrogen and oxygen atoms in total. The van der Waals surface area contributed by atoms with Gasteiger partial charge in [-0.2, -0.15) is 22.8 Å². The van der Waals surface area contributed by atoms with Crippen LogP contribution in [0.3, 0.4) is 0 Å². The number of halogens is 3. The van der Waals surface area contributed by atoms with E-state index in [0.717, 1.165) is 4.68 Å². The third-order valence-corrected chi connectivity index (χ3v) is 4.03. The Morgan fingerprint density at radius 2 is 1.92 bits per heavy atom. The average Bonchev–Trinajstić information content (AvgIpc) is 3.18. The number of hydrogen-bond acceptors (Lipinski definition) is 6. The van der Waals surface area contributed by atoms with Gasteiger partial charge in [0.15, 0.2) is 0 Å². The van der Waals surface area contributed by atoms with Crippen molar-refractivity contribution in [1.29, 1.82) is 0 Å². The fourth-order valence-corrected chi connectivity index (χ4v) is 2.21. The number of H-pyrrole nitrogens is 1. The molecule has 0 aliphatic carbocycles. The van der Waals surface area contributed by atoms with Gasteiger partial charge in [-0.3, -0.25) is 9.89 Å². The van der Waals surface area contributed by atoms with Crippen molar-refractivity contribution in [3.8, 4) is 5.95 Å². The number of carbonyl (C=O) groups is 1. The molecule has 2 heterocycles. The second-order valence-corrected chi connectivity index (χ2v) is 5.52. The quantitative estimate of drug-likeness (QED) is 0.704. The van der Waals surface area contributed by atoms with Crippen molar-refractivity contribution in [2.75, 3.05) is 6.54 Å². The molecule has 4 N–H and O–H groups in total. The van der Waals surface area contributed by atoms with Crippen LogP contribution >= 0.6 is 0 Å². The summed E-state index contributed by atoms with van der Waals surface area (Å²) in [7, 11) is 0. The second kappa shape index (κ2) is 6.78. The molecule has 0 aliphatic rings.